The first-order valence-electron chi connectivity index (χ1n) is 12.4. The number of ether oxygens (including phenoxy) is 2. The Morgan fingerprint density at radius 2 is 1.51 bits per heavy atom. The first-order chi connectivity index (χ1) is 19.1. The fourth-order valence-corrected chi connectivity index (χ4v) is 4.66. The van der Waals surface area contributed by atoms with Gasteiger partial charge in [-0.15, -0.1) is 0 Å². The van der Waals surface area contributed by atoms with Crippen molar-refractivity contribution in [2.75, 3.05) is 25.7 Å². The summed E-state index contributed by atoms with van der Waals surface area (Å²) in [5.74, 6) is 0.123. The number of benzene rings is 3. The Morgan fingerprint density at radius 1 is 0.927 bits per heavy atom. The second kappa shape index (κ2) is 16.7. The van der Waals surface area contributed by atoms with Crippen molar-refractivity contribution in [1.82, 2.24) is 0 Å². The molecule has 0 fully saturated rings. The molecule has 0 saturated carbocycles. The molecule has 0 saturated heterocycles. The fourth-order valence-electron chi connectivity index (χ4n) is 3.30. The molecule has 2 atom stereocenters. The van der Waals surface area contributed by atoms with Gasteiger partial charge >= 0.3 is 5.97 Å². The maximum Gasteiger partial charge on any atom is 0.320 e. The molecule has 7 N–H and O–H groups in total. The summed E-state index contributed by atoms with van der Waals surface area (Å²) in [5.41, 5.74) is 13.9. The first-order valence-corrected chi connectivity index (χ1v) is 16.0. The van der Waals surface area contributed by atoms with E-state index >= 15 is 0 Å². The molecule has 0 amide bonds. The van der Waals surface area contributed by atoms with E-state index in [0.29, 0.717) is 30.1 Å². The summed E-state index contributed by atoms with van der Waals surface area (Å²) in [4.78, 5) is 10.5. The quantitative estimate of drug-likeness (QED) is 0.264. The van der Waals surface area contributed by atoms with Gasteiger partial charge in [-0.05, 0) is 55.7 Å². The standard InChI is InChI=1S/C12H19NO4S.C9H11NO2.C7H9NO2S/c1-4-17-12-7-9(5-6-11(12)16-2)10(13)8-18(3,14)15;10-8(9(11)12)6-7-4-2-1-3-5-7;1-6-2-4-7(5-3-6)11(8,9)10/h5-7,10H,4,8,13H2,1-3H3;1-5,8H,6,10H2,(H,11,12);2-5H,1H3,(H2,8,9,10)/t10-;8-;/m10./s1. The fraction of sp³-hybridized carbons (Fsp3) is 0.321. The van der Waals surface area contributed by atoms with Crippen molar-refractivity contribution in [3.8, 4) is 11.5 Å². The number of hydrogen-bond acceptors (Lipinski definition) is 9. The molecular weight excluding hydrogens is 570 g/mol. The van der Waals surface area contributed by atoms with Gasteiger partial charge in [0.1, 0.15) is 15.9 Å². The van der Waals surface area contributed by atoms with Crippen LogP contribution < -0.4 is 26.1 Å². The normalized spacial score (nSPS) is 12.5. The SMILES string of the molecule is CCOc1cc([C@H](N)CS(C)(=O)=O)ccc1OC.Cc1ccc(S(N)(=O)=O)cc1.N[C@@H](Cc1ccccc1)C(=O)O. The van der Waals surface area contributed by atoms with E-state index in [1.807, 2.05) is 44.2 Å². The lowest BCUT2D eigenvalue weighted by molar-refractivity contribution is -0.138. The van der Waals surface area contributed by atoms with E-state index in [4.69, 9.17) is 31.2 Å². The van der Waals surface area contributed by atoms with E-state index in [1.165, 1.54) is 18.4 Å². The molecule has 0 unspecified atom stereocenters. The predicted molar refractivity (Wildman–Crippen MR) is 159 cm³/mol. The number of nitrogens with two attached hydrogens (primary N) is 3. The van der Waals surface area contributed by atoms with Crippen LogP contribution in [0.4, 0.5) is 0 Å². The van der Waals surface area contributed by atoms with Crippen LogP contribution in [-0.2, 0) is 31.1 Å². The summed E-state index contributed by atoms with van der Waals surface area (Å²) in [5, 5.41) is 13.4. The average Bonchev–Trinajstić information content (AvgIpc) is 2.89. The van der Waals surface area contributed by atoms with E-state index in [9.17, 15) is 21.6 Å². The number of carboxylic acid groups (broad SMARTS) is 1. The van der Waals surface area contributed by atoms with Gasteiger partial charge in [-0.3, -0.25) is 4.79 Å². The van der Waals surface area contributed by atoms with E-state index in [-0.39, 0.29) is 10.6 Å². The maximum atomic E-state index is 11.2. The molecule has 0 bridgehead atoms. The van der Waals surface area contributed by atoms with Crippen LogP contribution in [0.1, 0.15) is 29.7 Å². The van der Waals surface area contributed by atoms with Crippen LogP contribution in [0.2, 0.25) is 0 Å². The molecule has 11 nitrogen and oxygen atoms in total. The van der Waals surface area contributed by atoms with Gasteiger partial charge in [-0.2, -0.15) is 0 Å². The minimum atomic E-state index is -3.52. The van der Waals surface area contributed by atoms with Crippen LogP contribution in [0.5, 0.6) is 11.5 Å². The molecule has 0 aromatic heterocycles. The topological polar surface area (TPSA) is 202 Å². The Kier molecular flexibility index (Phi) is 14.5. The molecule has 226 valence electrons. The van der Waals surface area contributed by atoms with Gasteiger partial charge in [0.2, 0.25) is 10.0 Å². The second-order valence-corrected chi connectivity index (χ2v) is 12.8. The van der Waals surface area contributed by atoms with Crippen molar-refractivity contribution < 1.29 is 36.2 Å². The molecule has 41 heavy (non-hydrogen) atoms. The third-order valence-corrected chi connectivity index (χ3v) is 7.26. The lowest BCUT2D eigenvalue weighted by Crippen LogP contribution is -2.32. The smallest absolute Gasteiger partial charge is 0.320 e. The third-order valence-electron chi connectivity index (χ3n) is 5.36. The van der Waals surface area contributed by atoms with Crippen molar-refractivity contribution in [3.05, 3.63) is 89.5 Å². The number of hydrogen-bond donors (Lipinski definition) is 4. The highest BCUT2D eigenvalue weighted by Gasteiger charge is 2.15. The van der Waals surface area contributed by atoms with E-state index in [2.05, 4.69) is 0 Å². The number of aryl methyl sites for hydroxylation is 1. The number of aliphatic carboxylic acids is 1. The van der Waals surface area contributed by atoms with Gasteiger partial charge in [0.05, 0.1) is 24.4 Å². The zero-order chi connectivity index (χ0) is 31.2. The molecule has 0 radical (unpaired) electrons. The van der Waals surface area contributed by atoms with Gasteiger partial charge in [-0.1, -0.05) is 54.1 Å². The monoisotopic (exact) mass is 609 g/mol. The first kappa shape index (κ1) is 35.5. The number of methoxy groups -OCH3 is 1. The van der Waals surface area contributed by atoms with Crippen molar-refractivity contribution in [2.45, 2.75) is 37.2 Å². The zero-order valence-corrected chi connectivity index (χ0v) is 25.2. The molecule has 0 aliphatic rings. The summed E-state index contributed by atoms with van der Waals surface area (Å²) in [6, 6.07) is 19.6. The predicted octanol–water partition coefficient (Wildman–Crippen LogP) is 2.42. The lowest BCUT2D eigenvalue weighted by Gasteiger charge is -2.15. The Bertz CT molecular complexity index is 1450. The number of carboxylic acids is 1. The third kappa shape index (κ3) is 14.1. The molecular formula is C28H39N3O8S2. The summed E-state index contributed by atoms with van der Waals surface area (Å²) < 4.78 is 54.4. The van der Waals surface area contributed by atoms with E-state index < -0.39 is 37.9 Å². The molecule has 0 heterocycles. The summed E-state index contributed by atoms with van der Waals surface area (Å²) >= 11 is 0. The van der Waals surface area contributed by atoms with Crippen molar-refractivity contribution in [1.29, 1.82) is 0 Å². The van der Waals surface area contributed by atoms with Gasteiger partial charge in [-0.25, -0.2) is 22.0 Å². The minimum absolute atomic E-state index is 0.0924. The highest BCUT2D eigenvalue weighted by atomic mass is 32.2. The van der Waals surface area contributed by atoms with Gasteiger partial charge < -0.3 is 26.0 Å². The average molecular weight is 610 g/mol. The summed E-state index contributed by atoms with van der Waals surface area (Å²) in [7, 11) is -5.08. The van der Waals surface area contributed by atoms with Crippen LogP contribution in [0, 0.1) is 6.92 Å². The maximum absolute atomic E-state index is 11.2. The molecule has 0 aliphatic carbocycles. The number of primary sulfonamides is 1. The summed E-state index contributed by atoms with van der Waals surface area (Å²) in [6.45, 7) is 4.25. The van der Waals surface area contributed by atoms with E-state index in [1.54, 1.807) is 37.4 Å². The highest BCUT2D eigenvalue weighted by molar-refractivity contribution is 7.90. The van der Waals surface area contributed by atoms with Crippen molar-refractivity contribution >= 4 is 25.8 Å². The largest absolute Gasteiger partial charge is 0.493 e. The summed E-state index contributed by atoms with van der Waals surface area (Å²) in [6.07, 6.45) is 1.55. The number of sulfone groups is 1. The van der Waals surface area contributed by atoms with Crippen LogP contribution in [-0.4, -0.2) is 59.7 Å². The molecule has 0 aliphatic heterocycles. The van der Waals surface area contributed by atoms with Crippen molar-refractivity contribution in [2.24, 2.45) is 16.6 Å². The molecule has 13 heteroatoms. The zero-order valence-electron chi connectivity index (χ0n) is 23.6. The molecule has 3 aromatic rings. The molecule has 0 spiro atoms. The molecule has 3 rings (SSSR count). The van der Waals surface area contributed by atoms with Crippen LogP contribution in [0.15, 0.2) is 77.7 Å². The van der Waals surface area contributed by atoms with Gasteiger partial charge in [0.25, 0.3) is 0 Å². The number of rotatable bonds is 10. The number of carbonyl (C=O) groups is 1. The Morgan fingerprint density at radius 3 is 1.98 bits per heavy atom. The van der Waals surface area contributed by atoms with Crippen molar-refractivity contribution in [3.63, 3.8) is 0 Å². The van der Waals surface area contributed by atoms with Gasteiger partial charge in [0, 0.05) is 12.3 Å². The minimum Gasteiger partial charge on any atom is -0.493 e. The lowest BCUT2D eigenvalue weighted by atomic mass is 10.1. The second-order valence-electron chi connectivity index (χ2n) is 9.03. The van der Waals surface area contributed by atoms with Crippen LogP contribution in [0.3, 0.4) is 0 Å². The Labute approximate surface area is 242 Å². The Hall–Kier alpha value is -3.49. The van der Waals surface area contributed by atoms with Gasteiger partial charge in [0.15, 0.2) is 11.5 Å². The number of sulfonamides is 1. The van der Waals surface area contributed by atoms with E-state index in [0.717, 1.165) is 11.1 Å². The Balaban J connectivity index is 0.000000320. The molecule has 3 aromatic carbocycles. The highest BCUT2D eigenvalue weighted by Crippen LogP contribution is 2.30. The van der Waals surface area contributed by atoms with Crippen LogP contribution in [0.25, 0.3) is 0 Å². The van der Waals surface area contributed by atoms with Crippen LogP contribution >= 0.6 is 0 Å².